The van der Waals surface area contributed by atoms with Crippen molar-refractivity contribution in [1.29, 1.82) is 0 Å². The largest absolute Gasteiger partial charge is 0.493 e. The second kappa shape index (κ2) is 11.4. The number of carboxylic acid groups (broad SMARTS) is 1. The number of aromatic carboxylic acids is 1. The number of amides is 1. The quantitative estimate of drug-likeness (QED) is 0.422. The van der Waals surface area contributed by atoms with Crippen LogP contribution in [0, 0.1) is 0 Å². The molecule has 0 spiro atoms. The lowest BCUT2D eigenvalue weighted by molar-refractivity contribution is -0.111. The topological polar surface area (TPSA) is 103 Å². The third-order valence-corrected chi connectivity index (χ3v) is 4.86. The Kier molecular flexibility index (Phi) is 8.12. The standard InChI is InChI=1S/C26H25NO7/c1-31-21-11-9-17(13-24(21)34-16-18-7-5-4-6-8-18)10-12-25(28)27-20-15-23(33-3)22(32-2)14-19(20)26(29)30/h4-15H,16H2,1-3H3,(H,27,28)(H,29,30). The maximum absolute atomic E-state index is 12.5. The summed E-state index contributed by atoms with van der Waals surface area (Å²) in [6.07, 6.45) is 2.89. The van der Waals surface area contributed by atoms with Gasteiger partial charge in [0.1, 0.15) is 6.61 Å². The van der Waals surface area contributed by atoms with Crippen LogP contribution in [0.15, 0.2) is 66.7 Å². The molecule has 0 aliphatic rings. The van der Waals surface area contributed by atoms with Gasteiger partial charge in [0.2, 0.25) is 5.91 Å². The van der Waals surface area contributed by atoms with Crippen LogP contribution >= 0.6 is 0 Å². The summed E-state index contributed by atoms with van der Waals surface area (Å²) in [5.74, 6) is -0.0966. The summed E-state index contributed by atoms with van der Waals surface area (Å²) in [5, 5.41) is 12.1. The molecule has 0 saturated heterocycles. The number of benzene rings is 3. The van der Waals surface area contributed by atoms with E-state index >= 15 is 0 Å². The lowest BCUT2D eigenvalue weighted by atomic mass is 10.1. The summed E-state index contributed by atoms with van der Waals surface area (Å²) < 4.78 is 21.6. The van der Waals surface area contributed by atoms with E-state index in [9.17, 15) is 14.7 Å². The molecular weight excluding hydrogens is 438 g/mol. The van der Waals surface area contributed by atoms with Crippen molar-refractivity contribution in [2.45, 2.75) is 6.61 Å². The number of hydrogen-bond acceptors (Lipinski definition) is 6. The minimum atomic E-state index is -1.21. The molecule has 3 aromatic carbocycles. The fraction of sp³-hybridized carbons (Fsp3) is 0.154. The molecule has 3 rings (SSSR count). The molecule has 0 unspecified atom stereocenters. The molecule has 1 amide bonds. The average molecular weight is 463 g/mol. The third-order valence-electron chi connectivity index (χ3n) is 4.86. The monoisotopic (exact) mass is 463 g/mol. The van der Waals surface area contributed by atoms with Gasteiger partial charge in [0.15, 0.2) is 23.0 Å². The molecule has 0 aromatic heterocycles. The van der Waals surface area contributed by atoms with Crippen LogP contribution in [0.1, 0.15) is 21.5 Å². The lowest BCUT2D eigenvalue weighted by Crippen LogP contribution is -2.12. The van der Waals surface area contributed by atoms with Gasteiger partial charge in [-0.2, -0.15) is 0 Å². The molecule has 0 radical (unpaired) electrons. The second-order valence-corrected chi connectivity index (χ2v) is 7.07. The Balaban J connectivity index is 1.76. The van der Waals surface area contributed by atoms with Crippen LogP contribution < -0.4 is 24.3 Å². The summed E-state index contributed by atoms with van der Waals surface area (Å²) in [5.41, 5.74) is 1.67. The average Bonchev–Trinajstić information content (AvgIpc) is 2.86. The Hall–Kier alpha value is -4.46. The number of nitrogens with one attached hydrogen (secondary N) is 1. The molecule has 0 atom stereocenters. The van der Waals surface area contributed by atoms with Crippen LogP contribution in [-0.4, -0.2) is 38.3 Å². The SMILES string of the molecule is COc1cc(NC(=O)C=Cc2ccc(OC)c(OCc3ccccc3)c2)c(C(=O)O)cc1OC. The summed E-state index contributed by atoms with van der Waals surface area (Å²) >= 11 is 0. The predicted molar refractivity (Wildman–Crippen MR) is 128 cm³/mol. The van der Waals surface area contributed by atoms with E-state index < -0.39 is 11.9 Å². The summed E-state index contributed by atoms with van der Waals surface area (Å²) in [6.45, 7) is 0.363. The van der Waals surface area contributed by atoms with E-state index in [1.807, 2.05) is 30.3 Å². The molecule has 0 aliphatic heterocycles. The molecule has 34 heavy (non-hydrogen) atoms. The zero-order valence-electron chi connectivity index (χ0n) is 19.0. The lowest BCUT2D eigenvalue weighted by Gasteiger charge is -2.13. The van der Waals surface area contributed by atoms with E-state index in [1.54, 1.807) is 31.4 Å². The molecule has 2 N–H and O–H groups in total. The van der Waals surface area contributed by atoms with Crippen LogP contribution in [0.3, 0.4) is 0 Å². The van der Waals surface area contributed by atoms with Gasteiger partial charge in [0, 0.05) is 18.2 Å². The normalized spacial score (nSPS) is 10.6. The van der Waals surface area contributed by atoms with E-state index in [0.29, 0.717) is 29.4 Å². The highest BCUT2D eigenvalue weighted by Gasteiger charge is 2.17. The maximum Gasteiger partial charge on any atom is 0.337 e. The summed E-state index contributed by atoms with van der Waals surface area (Å²) in [7, 11) is 4.37. The molecule has 0 fully saturated rings. The fourth-order valence-electron chi connectivity index (χ4n) is 3.15. The van der Waals surface area contributed by atoms with Crippen molar-refractivity contribution in [2.24, 2.45) is 0 Å². The molecule has 8 heteroatoms. The van der Waals surface area contributed by atoms with Crippen molar-refractivity contribution in [3.8, 4) is 23.0 Å². The van der Waals surface area contributed by atoms with Gasteiger partial charge in [-0.3, -0.25) is 4.79 Å². The number of carbonyl (C=O) groups excluding carboxylic acids is 1. The number of ether oxygens (including phenoxy) is 4. The van der Waals surface area contributed by atoms with Gasteiger partial charge in [0.05, 0.1) is 32.6 Å². The predicted octanol–water partition coefficient (Wildman–Crippen LogP) is 4.64. The minimum absolute atomic E-state index is 0.0846. The highest BCUT2D eigenvalue weighted by molar-refractivity contribution is 6.06. The first-order valence-electron chi connectivity index (χ1n) is 10.3. The first-order chi connectivity index (χ1) is 16.4. The Morgan fingerprint density at radius 3 is 2.18 bits per heavy atom. The fourth-order valence-corrected chi connectivity index (χ4v) is 3.15. The van der Waals surface area contributed by atoms with E-state index in [2.05, 4.69) is 5.32 Å². The molecule has 176 valence electrons. The zero-order chi connectivity index (χ0) is 24.5. The Morgan fingerprint density at radius 2 is 1.53 bits per heavy atom. The van der Waals surface area contributed by atoms with Crippen LogP contribution in [0.5, 0.6) is 23.0 Å². The number of carboxylic acids is 1. The van der Waals surface area contributed by atoms with Gasteiger partial charge in [-0.1, -0.05) is 36.4 Å². The number of carbonyl (C=O) groups is 2. The van der Waals surface area contributed by atoms with Gasteiger partial charge in [-0.05, 0) is 29.3 Å². The van der Waals surface area contributed by atoms with E-state index in [0.717, 1.165) is 5.56 Å². The van der Waals surface area contributed by atoms with Crippen LogP contribution in [-0.2, 0) is 11.4 Å². The van der Waals surface area contributed by atoms with E-state index in [4.69, 9.17) is 18.9 Å². The van der Waals surface area contributed by atoms with Gasteiger partial charge in [-0.15, -0.1) is 0 Å². The smallest absolute Gasteiger partial charge is 0.337 e. The van der Waals surface area contributed by atoms with Crippen molar-refractivity contribution in [3.05, 3.63) is 83.4 Å². The van der Waals surface area contributed by atoms with Crippen molar-refractivity contribution in [3.63, 3.8) is 0 Å². The van der Waals surface area contributed by atoms with Crippen molar-refractivity contribution in [2.75, 3.05) is 26.6 Å². The van der Waals surface area contributed by atoms with E-state index in [-0.39, 0.29) is 17.0 Å². The highest BCUT2D eigenvalue weighted by atomic mass is 16.5. The van der Waals surface area contributed by atoms with Gasteiger partial charge in [-0.25, -0.2) is 4.79 Å². The Labute approximate surface area is 197 Å². The Bertz CT molecular complexity index is 1190. The van der Waals surface area contributed by atoms with Crippen molar-refractivity contribution < 1.29 is 33.6 Å². The van der Waals surface area contributed by atoms with Crippen molar-refractivity contribution >= 4 is 23.6 Å². The zero-order valence-corrected chi connectivity index (χ0v) is 19.0. The van der Waals surface area contributed by atoms with Crippen LogP contribution in [0.4, 0.5) is 5.69 Å². The minimum Gasteiger partial charge on any atom is -0.493 e. The molecule has 0 saturated carbocycles. The summed E-state index contributed by atoms with van der Waals surface area (Å²) in [4.78, 5) is 24.1. The maximum atomic E-state index is 12.5. The first kappa shape index (κ1) is 24.2. The second-order valence-electron chi connectivity index (χ2n) is 7.07. The number of methoxy groups -OCH3 is 3. The summed E-state index contributed by atoms with van der Waals surface area (Å²) in [6, 6.07) is 17.7. The highest BCUT2D eigenvalue weighted by Crippen LogP contribution is 2.33. The molecule has 8 nitrogen and oxygen atoms in total. The van der Waals surface area contributed by atoms with E-state index in [1.165, 1.54) is 32.4 Å². The number of rotatable bonds is 10. The van der Waals surface area contributed by atoms with Crippen LogP contribution in [0.2, 0.25) is 0 Å². The molecule has 0 bridgehead atoms. The molecule has 0 heterocycles. The molecule has 3 aromatic rings. The van der Waals surface area contributed by atoms with Crippen LogP contribution in [0.25, 0.3) is 6.08 Å². The van der Waals surface area contributed by atoms with Gasteiger partial charge in [0.25, 0.3) is 0 Å². The van der Waals surface area contributed by atoms with Gasteiger partial charge < -0.3 is 29.4 Å². The number of anilines is 1. The molecular formula is C26H25NO7. The molecule has 0 aliphatic carbocycles. The first-order valence-corrected chi connectivity index (χ1v) is 10.3. The number of hydrogen-bond donors (Lipinski definition) is 2. The third kappa shape index (κ3) is 6.07. The van der Waals surface area contributed by atoms with Crippen molar-refractivity contribution in [1.82, 2.24) is 0 Å². The Morgan fingerprint density at radius 1 is 0.853 bits per heavy atom. The van der Waals surface area contributed by atoms with Gasteiger partial charge >= 0.3 is 5.97 Å².